The number of ketones is 1. The minimum absolute atomic E-state index is 0.0569. The van der Waals surface area contributed by atoms with Crippen molar-refractivity contribution in [2.45, 2.75) is 19.3 Å². The van der Waals surface area contributed by atoms with Crippen molar-refractivity contribution in [3.8, 4) is 0 Å². The van der Waals surface area contributed by atoms with E-state index in [0.717, 1.165) is 0 Å². The second-order valence-electron chi connectivity index (χ2n) is 5.23. The quantitative estimate of drug-likeness (QED) is 0.615. The fraction of sp³-hybridized carbons (Fsp3) is 0.375. The number of hydrogen-bond acceptors (Lipinski definition) is 6. The van der Waals surface area contributed by atoms with E-state index in [0.29, 0.717) is 16.7 Å². The molecule has 6 heteroatoms. The summed E-state index contributed by atoms with van der Waals surface area (Å²) in [5.41, 5.74) is 1.70. The average molecular weight is 301 g/mol. The minimum Gasteiger partial charge on any atom is -0.465 e. The van der Waals surface area contributed by atoms with Gasteiger partial charge in [-0.2, -0.15) is 0 Å². The average Bonchev–Trinajstić information content (AvgIpc) is 2.88. The number of aromatic nitrogens is 1. The SMILES string of the molecule is CCOC(=O)C1C(=O)CC2=C(C(=O)OC2)C1c1cccnc1. The summed E-state index contributed by atoms with van der Waals surface area (Å²) in [7, 11) is 0. The molecule has 6 nitrogen and oxygen atoms in total. The normalized spacial score (nSPS) is 24.0. The number of cyclic esters (lactones) is 1. The predicted octanol–water partition coefficient (Wildman–Crippen LogP) is 1.17. The molecule has 2 aliphatic rings. The Morgan fingerprint density at radius 2 is 2.27 bits per heavy atom. The maximum Gasteiger partial charge on any atom is 0.335 e. The van der Waals surface area contributed by atoms with Gasteiger partial charge in [-0.1, -0.05) is 6.07 Å². The van der Waals surface area contributed by atoms with Crippen molar-refractivity contribution in [1.29, 1.82) is 0 Å². The summed E-state index contributed by atoms with van der Waals surface area (Å²) in [5, 5.41) is 0. The third kappa shape index (κ3) is 2.30. The maximum absolute atomic E-state index is 12.4. The van der Waals surface area contributed by atoms with Gasteiger partial charge in [-0.05, 0) is 24.1 Å². The highest BCUT2D eigenvalue weighted by Gasteiger charge is 2.48. The van der Waals surface area contributed by atoms with Gasteiger partial charge in [0.25, 0.3) is 0 Å². The van der Waals surface area contributed by atoms with Gasteiger partial charge in [0.2, 0.25) is 0 Å². The lowest BCUT2D eigenvalue weighted by Gasteiger charge is -2.28. The van der Waals surface area contributed by atoms with Gasteiger partial charge in [-0.25, -0.2) is 4.79 Å². The molecule has 0 N–H and O–H groups in total. The van der Waals surface area contributed by atoms with Gasteiger partial charge in [0.1, 0.15) is 12.5 Å². The molecule has 1 aromatic rings. The summed E-state index contributed by atoms with van der Waals surface area (Å²) in [5.74, 6) is -3.02. The van der Waals surface area contributed by atoms with Gasteiger partial charge in [0.05, 0.1) is 6.61 Å². The minimum atomic E-state index is -1.02. The smallest absolute Gasteiger partial charge is 0.335 e. The fourth-order valence-electron chi connectivity index (χ4n) is 3.04. The molecule has 0 saturated heterocycles. The Kier molecular flexibility index (Phi) is 3.75. The van der Waals surface area contributed by atoms with Crippen LogP contribution in [0, 0.1) is 5.92 Å². The lowest BCUT2D eigenvalue weighted by atomic mass is 9.72. The van der Waals surface area contributed by atoms with Gasteiger partial charge >= 0.3 is 11.9 Å². The highest BCUT2D eigenvalue weighted by atomic mass is 16.5. The molecule has 114 valence electrons. The van der Waals surface area contributed by atoms with Gasteiger partial charge in [-0.15, -0.1) is 0 Å². The number of ether oxygens (including phenoxy) is 2. The Hall–Kier alpha value is -2.50. The van der Waals surface area contributed by atoms with Crippen molar-refractivity contribution in [1.82, 2.24) is 4.98 Å². The van der Waals surface area contributed by atoms with Crippen LogP contribution in [-0.2, 0) is 23.9 Å². The first-order valence-corrected chi connectivity index (χ1v) is 7.11. The zero-order valence-electron chi connectivity index (χ0n) is 12.1. The molecular formula is C16H15NO5. The van der Waals surface area contributed by atoms with E-state index in [1.54, 1.807) is 31.5 Å². The number of pyridine rings is 1. The zero-order valence-corrected chi connectivity index (χ0v) is 12.1. The van der Waals surface area contributed by atoms with Crippen molar-refractivity contribution in [3.05, 3.63) is 41.2 Å². The zero-order chi connectivity index (χ0) is 15.7. The van der Waals surface area contributed by atoms with E-state index in [4.69, 9.17) is 9.47 Å². The fourth-order valence-corrected chi connectivity index (χ4v) is 3.04. The molecule has 0 radical (unpaired) electrons. The van der Waals surface area contributed by atoms with Crippen LogP contribution < -0.4 is 0 Å². The van der Waals surface area contributed by atoms with Crippen LogP contribution in [0.15, 0.2) is 35.7 Å². The number of esters is 2. The largest absolute Gasteiger partial charge is 0.465 e. The van der Waals surface area contributed by atoms with Crippen LogP contribution in [0.3, 0.4) is 0 Å². The first kappa shape index (κ1) is 14.4. The second kappa shape index (κ2) is 5.71. The van der Waals surface area contributed by atoms with Crippen LogP contribution in [0.25, 0.3) is 0 Å². The van der Waals surface area contributed by atoms with Crippen LogP contribution in [0.5, 0.6) is 0 Å². The summed E-state index contributed by atoms with van der Waals surface area (Å²) in [6.07, 6.45) is 3.21. The Bertz CT molecular complexity index is 664. The summed E-state index contributed by atoms with van der Waals surface area (Å²) in [6, 6.07) is 3.45. The molecule has 0 saturated carbocycles. The first-order chi connectivity index (χ1) is 10.6. The van der Waals surface area contributed by atoms with Gasteiger partial charge in [0.15, 0.2) is 5.78 Å². The van der Waals surface area contributed by atoms with E-state index in [1.165, 1.54) is 0 Å². The molecule has 0 fully saturated rings. The Morgan fingerprint density at radius 3 is 2.95 bits per heavy atom. The monoisotopic (exact) mass is 301 g/mol. The predicted molar refractivity (Wildman–Crippen MR) is 74.7 cm³/mol. The Labute approximate surface area is 127 Å². The van der Waals surface area contributed by atoms with Crippen molar-refractivity contribution < 1.29 is 23.9 Å². The first-order valence-electron chi connectivity index (χ1n) is 7.11. The number of nitrogens with zero attached hydrogens (tertiary/aromatic N) is 1. The molecule has 2 heterocycles. The van der Waals surface area contributed by atoms with Crippen LogP contribution in [0.1, 0.15) is 24.8 Å². The highest BCUT2D eigenvalue weighted by molar-refractivity contribution is 6.07. The highest BCUT2D eigenvalue weighted by Crippen LogP contribution is 2.43. The molecular weight excluding hydrogens is 286 g/mol. The van der Waals surface area contributed by atoms with E-state index in [9.17, 15) is 14.4 Å². The summed E-state index contributed by atoms with van der Waals surface area (Å²) in [4.78, 5) is 40.8. The lowest BCUT2D eigenvalue weighted by molar-refractivity contribution is -0.152. The van der Waals surface area contributed by atoms with Crippen LogP contribution in [-0.4, -0.2) is 35.9 Å². The molecule has 0 amide bonds. The van der Waals surface area contributed by atoms with Crippen LogP contribution in [0.4, 0.5) is 0 Å². The summed E-state index contributed by atoms with van der Waals surface area (Å²) >= 11 is 0. The van der Waals surface area contributed by atoms with Crippen molar-refractivity contribution >= 4 is 17.7 Å². The van der Waals surface area contributed by atoms with E-state index in [1.807, 2.05) is 0 Å². The molecule has 3 rings (SSSR count). The Morgan fingerprint density at radius 1 is 1.45 bits per heavy atom. The third-order valence-electron chi connectivity index (χ3n) is 3.94. The number of Topliss-reactive ketones (excluding diaryl/α,β-unsaturated/α-hetero) is 1. The molecule has 0 bridgehead atoms. The van der Waals surface area contributed by atoms with E-state index in [-0.39, 0.29) is 25.4 Å². The third-order valence-corrected chi connectivity index (χ3v) is 3.94. The molecule has 0 spiro atoms. The number of carbonyl (C=O) groups excluding carboxylic acids is 3. The molecule has 2 atom stereocenters. The standard InChI is InChI=1S/C16H15NO5/c1-2-21-16(20)14-11(18)6-10-8-22-15(19)13(10)12(14)9-4-3-5-17-7-9/h3-5,7,12,14H,2,6,8H2,1H3. The number of hydrogen-bond donors (Lipinski definition) is 0. The Balaban J connectivity index is 2.10. The van der Waals surface area contributed by atoms with Gasteiger partial charge in [0, 0.05) is 30.3 Å². The van der Waals surface area contributed by atoms with Crippen molar-refractivity contribution in [2.75, 3.05) is 13.2 Å². The van der Waals surface area contributed by atoms with Crippen LogP contribution in [0.2, 0.25) is 0 Å². The molecule has 1 aliphatic heterocycles. The molecule has 1 aromatic heterocycles. The van der Waals surface area contributed by atoms with Crippen LogP contribution >= 0.6 is 0 Å². The van der Waals surface area contributed by atoms with E-state index in [2.05, 4.69) is 4.98 Å². The van der Waals surface area contributed by atoms with Gasteiger partial charge in [-0.3, -0.25) is 14.6 Å². The summed E-state index contributed by atoms with van der Waals surface area (Å²) in [6.45, 7) is 1.98. The van der Waals surface area contributed by atoms with Crippen molar-refractivity contribution in [2.24, 2.45) is 5.92 Å². The van der Waals surface area contributed by atoms with Crippen molar-refractivity contribution in [3.63, 3.8) is 0 Å². The summed E-state index contributed by atoms with van der Waals surface area (Å²) < 4.78 is 10.1. The number of carbonyl (C=O) groups is 3. The maximum atomic E-state index is 12.4. The lowest BCUT2D eigenvalue weighted by Crippen LogP contribution is -2.37. The van der Waals surface area contributed by atoms with E-state index >= 15 is 0 Å². The molecule has 22 heavy (non-hydrogen) atoms. The molecule has 0 aromatic carbocycles. The topological polar surface area (TPSA) is 82.6 Å². The molecule has 2 unspecified atom stereocenters. The van der Waals surface area contributed by atoms with E-state index < -0.39 is 23.8 Å². The van der Waals surface area contributed by atoms with Gasteiger partial charge < -0.3 is 9.47 Å². The second-order valence-corrected chi connectivity index (χ2v) is 5.23. The number of rotatable bonds is 3. The molecule has 1 aliphatic carbocycles.